The third-order valence-corrected chi connectivity index (χ3v) is 4.39. The second-order valence-electron chi connectivity index (χ2n) is 5.56. The van der Waals surface area contributed by atoms with Crippen LogP contribution in [-0.4, -0.2) is 35.0 Å². The van der Waals surface area contributed by atoms with Crippen LogP contribution < -0.4 is 5.32 Å². The lowest BCUT2D eigenvalue weighted by atomic mass is 9.78. The zero-order valence-corrected chi connectivity index (χ0v) is 10.9. The summed E-state index contributed by atoms with van der Waals surface area (Å²) in [6.07, 6.45) is 4.33. The molecule has 0 spiro atoms. The van der Waals surface area contributed by atoms with Crippen molar-refractivity contribution < 1.29 is 10.2 Å². The van der Waals surface area contributed by atoms with Gasteiger partial charge in [0.25, 0.3) is 0 Å². The van der Waals surface area contributed by atoms with Gasteiger partial charge in [0.05, 0.1) is 18.8 Å². The number of nitrogens with one attached hydrogen (secondary N) is 1. The van der Waals surface area contributed by atoms with Crippen molar-refractivity contribution in [2.45, 2.75) is 58.0 Å². The topological polar surface area (TPSA) is 52.5 Å². The van der Waals surface area contributed by atoms with Crippen molar-refractivity contribution in [2.24, 2.45) is 11.8 Å². The summed E-state index contributed by atoms with van der Waals surface area (Å²) in [4.78, 5) is 0. The second kappa shape index (κ2) is 5.99. The van der Waals surface area contributed by atoms with Crippen molar-refractivity contribution in [1.82, 2.24) is 5.32 Å². The van der Waals surface area contributed by atoms with Crippen LogP contribution in [0.2, 0.25) is 0 Å². The van der Waals surface area contributed by atoms with Crippen LogP contribution >= 0.6 is 0 Å². The Morgan fingerprint density at radius 2 is 1.75 bits per heavy atom. The number of hydrogen-bond acceptors (Lipinski definition) is 3. The minimum absolute atomic E-state index is 0.0143. The Labute approximate surface area is 99.3 Å². The van der Waals surface area contributed by atoms with Crippen LogP contribution in [0.3, 0.4) is 0 Å². The molecule has 0 amide bonds. The average Bonchev–Trinajstić information content (AvgIpc) is 2.31. The fraction of sp³-hybridized carbons (Fsp3) is 1.00. The molecule has 1 aliphatic rings. The summed E-state index contributed by atoms with van der Waals surface area (Å²) in [6, 6.07) is 0.449. The third kappa shape index (κ3) is 3.19. The molecule has 1 fully saturated rings. The van der Waals surface area contributed by atoms with Gasteiger partial charge < -0.3 is 15.5 Å². The molecule has 0 heterocycles. The van der Waals surface area contributed by atoms with Crippen molar-refractivity contribution in [2.75, 3.05) is 13.2 Å². The van der Waals surface area contributed by atoms with Crippen LogP contribution in [0.1, 0.15) is 46.5 Å². The van der Waals surface area contributed by atoms with Crippen molar-refractivity contribution in [3.8, 4) is 0 Å². The lowest BCUT2D eigenvalue weighted by Gasteiger charge is -2.39. The van der Waals surface area contributed by atoms with E-state index in [9.17, 15) is 10.2 Å². The molecule has 16 heavy (non-hydrogen) atoms. The van der Waals surface area contributed by atoms with E-state index in [4.69, 9.17) is 0 Å². The molecule has 3 N–H and O–H groups in total. The van der Waals surface area contributed by atoms with E-state index in [1.165, 1.54) is 6.42 Å². The SMILES string of the molecule is CCC(CO)(CO)NC1CCC(C)C(C)C1. The molecule has 0 aromatic carbocycles. The Morgan fingerprint density at radius 3 is 2.19 bits per heavy atom. The smallest absolute Gasteiger partial charge is 0.0647 e. The first kappa shape index (κ1) is 13.9. The predicted octanol–water partition coefficient (Wildman–Crippen LogP) is 1.53. The van der Waals surface area contributed by atoms with E-state index >= 15 is 0 Å². The number of aliphatic hydroxyl groups is 2. The highest BCUT2D eigenvalue weighted by molar-refractivity contribution is 4.91. The summed E-state index contributed by atoms with van der Waals surface area (Å²) < 4.78 is 0. The Morgan fingerprint density at radius 1 is 1.12 bits per heavy atom. The van der Waals surface area contributed by atoms with Gasteiger partial charge in [-0.3, -0.25) is 0 Å². The molecule has 1 aliphatic carbocycles. The first-order valence-electron chi connectivity index (χ1n) is 6.56. The summed E-state index contributed by atoms with van der Waals surface area (Å²) in [5, 5.41) is 22.3. The fourth-order valence-electron chi connectivity index (χ4n) is 2.58. The Balaban J connectivity index is 2.53. The molecule has 0 radical (unpaired) electrons. The van der Waals surface area contributed by atoms with Gasteiger partial charge in [-0.25, -0.2) is 0 Å². The van der Waals surface area contributed by atoms with Crippen LogP contribution in [0.5, 0.6) is 0 Å². The minimum atomic E-state index is -0.481. The lowest BCUT2D eigenvalue weighted by Crippen LogP contribution is -2.56. The van der Waals surface area contributed by atoms with Gasteiger partial charge in [-0.1, -0.05) is 20.8 Å². The molecular formula is C13H27NO2. The van der Waals surface area contributed by atoms with E-state index < -0.39 is 5.54 Å². The van der Waals surface area contributed by atoms with Crippen LogP contribution in [0, 0.1) is 11.8 Å². The second-order valence-corrected chi connectivity index (χ2v) is 5.56. The van der Waals surface area contributed by atoms with E-state index in [0.717, 1.165) is 31.1 Å². The summed E-state index contributed by atoms with van der Waals surface area (Å²) in [6.45, 7) is 6.64. The summed E-state index contributed by atoms with van der Waals surface area (Å²) in [7, 11) is 0. The summed E-state index contributed by atoms with van der Waals surface area (Å²) in [5.41, 5.74) is -0.481. The van der Waals surface area contributed by atoms with E-state index in [0.29, 0.717) is 6.04 Å². The number of rotatable bonds is 5. The molecule has 1 rings (SSSR count). The maximum Gasteiger partial charge on any atom is 0.0647 e. The van der Waals surface area contributed by atoms with E-state index in [2.05, 4.69) is 19.2 Å². The molecule has 3 unspecified atom stereocenters. The Hall–Kier alpha value is -0.120. The highest BCUT2D eigenvalue weighted by atomic mass is 16.3. The molecule has 0 aromatic heterocycles. The normalized spacial score (nSPS) is 31.7. The molecule has 0 aromatic rings. The molecule has 3 nitrogen and oxygen atoms in total. The average molecular weight is 229 g/mol. The van der Waals surface area contributed by atoms with Crippen LogP contribution in [0.25, 0.3) is 0 Å². The molecule has 3 atom stereocenters. The summed E-state index contributed by atoms with van der Waals surface area (Å²) in [5.74, 6) is 1.54. The first-order chi connectivity index (χ1) is 7.56. The maximum atomic E-state index is 9.40. The minimum Gasteiger partial charge on any atom is -0.394 e. The van der Waals surface area contributed by atoms with Crippen LogP contribution in [0.4, 0.5) is 0 Å². The molecule has 0 saturated heterocycles. The highest BCUT2D eigenvalue weighted by Gasteiger charge is 2.32. The standard InChI is InChI=1S/C13H27NO2/c1-4-13(8-15,9-16)14-12-6-5-10(2)11(3)7-12/h10-12,14-16H,4-9H2,1-3H3. The molecule has 1 saturated carbocycles. The third-order valence-electron chi connectivity index (χ3n) is 4.39. The van der Waals surface area contributed by atoms with Gasteiger partial charge in [-0.2, -0.15) is 0 Å². The van der Waals surface area contributed by atoms with E-state index in [1.54, 1.807) is 0 Å². The van der Waals surface area contributed by atoms with Crippen molar-refractivity contribution >= 4 is 0 Å². The molecule has 3 heteroatoms. The molecule has 0 aliphatic heterocycles. The van der Waals surface area contributed by atoms with Gasteiger partial charge in [0.2, 0.25) is 0 Å². The van der Waals surface area contributed by atoms with Crippen LogP contribution in [-0.2, 0) is 0 Å². The van der Waals surface area contributed by atoms with Crippen molar-refractivity contribution in [3.63, 3.8) is 0 Å². The van der Waals surface area contributed by atoms with Crippen molar-refractivity contribution in [3.05, 3.63) is 0 Å². The van der Waals surface area contributed by atoms with Gasteiger partial charge in [-0.15, -0.1) is 0 Å². The zero-order chi connectivity index (χ0) is 12.2. The predicted molar refractivity (Wildman–Crippen MR) is 66.3 cm³/mol. The maximum absolute atomic E-state index is 9.40. The van der Waals surface area contributed by atoms with Gasteiger partial charge in [-0.05, 0) is 37.5 Å². The Bertz CT molecular complexity index is 196. The number of aliphatic hydroxyl groups excluding tert-OH is 2. The van der Waals surface area contributed by atoms with Crippen LogP contribution in [0.15, 0.2) is 0 Å². The number of hydrogen-bond donors (Lipinski definition) is 3. The lowest BCUT2D eigenvalue weighted by molar-refractivity contribution is 0.0646. The van der Waals surface area contributed by atoms with E-state index in [-0.39, 0.29) is 13.2 Å². The largest absolute Gasteiger partial charge is 0.394 e. The van der Waals surface area contributed by atoms with Gasteiger partial charge in [0, 0.05) is 6.04 Å². The Kier molecular flexibility index (Phi) is 5.22. The van der Waals surface area contributed by atoms with Gasteiger partial charge in [0.1, 0.15) is 0 Å². The quantitative estimate of drug-likeness (QED) is 0.670. The van der Waals surface area contributed by atoms with E-state index in [1.807, 2.05) is 6.92 Å². The molecule has 0 bridgehead atoms. The highest BCUT2D eigenvalue weighted by Crippen LogP contribution is 2.30. The molecular weight excluding hydrogens is 202 g/mol. The van der Waals surface area contributed by atoms with Crippen molar-refractivity contribution in [1.29, 1.82) is 0 Å². The zero-order valence-electron chi connectivity index (χ0n) is 10.9. The van der Waals surface area contributed by atoms with Gasteiger partial charge in [0.15, 0.2) is 0 Å². The monoisotopic (exact) mass is 229 g/mol. The first-order valence-corrected chi connectivity index (χ1v) is 6.56. The summed E-state index contributed by atoms with van der Waals surface area (Å²) >= 11 is 0. The fourth-order valence-corrected chi connectivity index (χ4v) is 2.58. The molecule has 96 valence electrons. The van der Waals surface area contributed by atoms with Gasteiger partial charge >= 0.3 is 0 Å².